The average Bonchev–Trinajstić information content (AvgIpc) is 3.05. The normalized spacial score (nSPS) is 13.2. The van der Waals surface area contributed by atoms with Gasteiger partial charge in [-0.25, -0.2) is 14.6 Å². The Kier molecular flexibility index (Phi) is 5.67. The lowest BCUT2D eigenvalue weighted by Crippen LogP contribution is -2.27. The Balaban J connectivity index is 1.97. The summed E-state index contributed by atoms with van der Waals surface area (Å²) in [5, 5.41) is 0. The fourth-order valence-corrected chi connectivity index (χ4v) is 3.45. The third kappa shape index (κ3) is 3.69. The molecule has 8 heteroatoms. The van der Waals surface area contributed by atoms with E-state index in [-0.39, 0.29) is 22.5 Å². The molecule has 0 fully saturated rings. The van der Waals surface area contributed by atoms with Crippen molar-refractivity contribution in [3.8, 4) is 11.3 Å². The maximum Gasteiger partial charge on any atom is 0.355 e. The van der Waals surface area contributed by atoms with E-state index in [0.29, 0.717) is 22.3 Å². The van der Waals surface area contributed by atoms with Crippen LogP contribution < -0.4 is 10.5 Å². The van der Waals surface area contributed by atoms with E-state index in [2.05, 4.69) is 9.97 Å². The van der Waals surface area contributed by atoms with Gasteiger partial charge in [0, 0.05) is 11.8 Å². The molecule has 1 aliphatic rings. The monoisotopic (exact) mass is 429 g/mol. The summed E-state index contributed by atoms with van der Waals surface area (Å²) in [4.78, 5) is 46.9. The number of benzene rings is 2. The fraction of sp³-hybridized carbons (Fsp3) is 0.0833. The molecule has 0 spiro atoms. The van der Waals surface area contributed by atoms with E-state index in [4.69, 9.17) is 9.47 Å². The van der Waals surface area contributed by atoms with Crippen LogP contribution in [0.25, 0.3) is 22.3 Å². The van der Waals surface area contributed by atoms with Gasteiger partial charge in [0.25, 0.3) is 5.56 Å². The van der Waals surface area contributed by atoms with Crippen LogP contribution in [0.2, 0.25) is 0 Å². The molecule has 2 heterocycles. The predicted octanol–water partition coefficient (Wildman–Crippen LogP) is 3.08. The Hall–Kier alpha value is -4.46. The third-order valence-electron chi connectivity index (χ3n) is 4.91. The molecule has 0 amide bonds. The van der Waals surface area contributed by atoms with E-state index in [1.54, 1.807) is 54.8 Å². The van der Waals surface area contributed by atoms with Crippen molar-refractivity contribution in [3.63, 3.8) is 0 Å². The van der Waals surface area contributed by atoms with Gasteiger partial charge in [0.15, 0.2) is 0 Å². The smallest absolute Gasteiger partial charge is 0.355 e. The topological polar surface area (TPSA) is 102 Å². The third-order valence-corrected chi connectivity index (χ3v) is 4.91. The summed E-state index contributed by atoms with van der Waals surface area (Å²) in [5.74, 6) is -1.44. The number of carbonyl (C=O) groups excluding carboxylic acids is 2. The van der Waals surface area contributed by atoms with Gasteiger partial charge < -0.3 is 19.4 Å². The second-order valence-corrected chi connectivity index (χ2v) is 6.76. The van der Waals surface area contributed by atoms with Gasteiger partial charge in [-0.3, -0.25) is 4.79 Å². The second kappa shape index (κ2) is 8.73. The van der Waals surface area contributed by atoms with E-state index >= 15 is 0 Å². The molecule has 0 bridgehead atoms. The molecule has 1 N–H and O–H groups in total. The predicted molar refractivity (Wildman–Crippen MR) is 120 cm³/mol. The average molecular weight is 429 g/mol. The number of hydrogen-bond acceptors (Lipinski definition) is 7. The van der Waals surface area contributed by atoms with Crippen LogP contribution in [0.3, 0.4) is 0 Å². The summed E-state index contributed by atoms with van der Waals surface area (Å²) in [6, 6.07) is 14.2. The van der Waals surface area contributed by atoms with E-state index in [0.717, 1.165) is 0 Å². The first-order chi connectivity index (χ1) is 15.5. The van der Waals surface area contributed by atoms with Gasteiger partial charge in [-0.2, -0.15) is 0 Å². The van der Waals surface area contributed by atoms with Crippen molar-refractivity contribution in [1.29, 1.82) is 0 Å². The number of methoxy groups -OCH3 is 2. The lowest BCUT2D eigenvalue weighted by atomic mass is 10.1. The molecule has 2 aromatic carbocycles. The lowest BCUT2D eigenvalue weighted by molar-refractivity contribution is -0.139. The van der Waals surface area contributed by atoms with E-state index in [9.17, 15) is 14.4 Å². The van der Waals surface area contributed by atoms with Gasteiger partial charge in [0.05, 0.1) is 36.5 Å². The lowest BCUT2D eigenvalue weighted by Gasteiger charge is -2.25. The molecular weight excluding hydrogens is 410 g/mol. The van der Waals surface area contributed by atoms with Crippen LogP contribution in [0.1, 0.15) is 0 Å². The molecule has 4 rings (SSSR count). The largest absolute Gasteiger partial charge is 0.465 e. The number of esters is 2. The number of carbonyl (C=O) groups is 2. The number of ether oxygens (including phenoxy) is 2. The Labute approximate surface area is 183 Å². The first-order valence-electron chi connectivity index (χ1n) is 9.68. The van der Waals surface area contributed by atoms with E-state index in [1.165, 1.54) is 25.2 Å². The summed E-state index contributed by atoms with van der Waals surface area (Å²) < 4.78 is 9.81. The van der Waals surface area contributed by atoms with Gasteiger partial charge in [-0.05, 0) is 30.4 Å². The summed E-state index contributed by atoms with van der Waals surface area (Å²) in [6.07, 6.45) is 6.34. The highest BCUT2D eigenvalue weighted by atomic mass is 16.5. The minimum atomic E-state index is -0.739. The second-order valence-electron chi connectivity index (χ2n) is 6.76. The Morgan fingerprint density at radius 1 is 0.938 bits per heavy atom. The van der Waals surface area contributed by atoms with E-state index in [1.807, 2.05) is 12.1 Å². The molecule has 160 valence electrons. The molecule has 8 nitrogen and oxygen atoms in total. The number of H-pyrrole nitrogens is 1. The maximum atomic E-state index is 12.9. The Bertz CT molecular complexity index is 1370. The van der Waals surface area contributed by atoms with Crippen molar-refractivity contribution in [3.05, 3.63) is 94.6 Å². The number of allylic oxidation sites excluding steroid dienone is 2. The SMILES string of the molecule is COC(=O)C1=C(C(=O)OC)N(c2ccccc2-c2nc3ccccc3[nH]c2=O)C=CC=C1. The zero-order valence-electron chi connectivity index (χ0n) is 17.4. The van der Waals surface area contributed by atoms with Crippen molar-refractivity contribution < 1.29 is 19.1 Å². The van der Waals surface area contributed by atoms with Crippen LogP contribution in [0, 0.1) is 0 Å². The number of nitrogens with zero attached hydrogens (tertiary/aromatic N) is 2. The molecule has 0 saturated carbocycles. The number of anilines is 1. The highest BCUT2D eigenvalue weighted by Crippen LogP contribution is 2.33. The van der Waals surface area contributed by atoms with Crippen LogP contribution in [-0.2, 0) is 19.1 Å². The molecule has 0 radical (unpaired) electrons. The number of para-hydroxylation sites is 3. The first-order valence-corrected chi connectivity index (χ1v) is 9.68. The maximum absolute atomic E-state index is 12.9. The first kappa shape index (κ1) is 20.8. The summed E-state index contributed by atoms with van der Waals surface area (Å²) in [5.41, 5.74) is 1.91. The van der Waals surface area contributed by atoms with Crippen molar-refractivity contribution >= 4 is 28.7 Å². The van der Waals surface area contributed by atoms with Gasteiger partial charge in [-0.1, -0.05) is 36.4 Å². The van der Waals surface area contributed by atoms with Crippen molar-refractivity contribution in [1.82, 2.24) is 9.97 Å². The van der Waals surface area contributed by atoms with Gasteiger partial charge in [-0.15, -0.1) is 0 Å². The van der Waals surface area contributed by atoms with Crippen LogP contribution >= 0.6 is 0 Å². The molecule has 0 atom stereocenters. The van der Waals surface area contributed by atoms with Crippen molar-refractivity contribution in [2.45, 2.75) is 0 Å². The number of aromatic amines is 1. The number of fused-ring (bicyclic) bond motifs is 1. The Morgan fingerprint density at radius 2 is 1.66 bits per heavy atom. The zero-order valence-corrected chi connectivity index (χ0v) is 17.4. The van der Waals surface area contributed by atoms with Crippen LogP contribution in [-0.4, -0.2) is 36.1 Å². The van der Waals surface area contributed by atoms with Crippen molar-refractivity contribution in [2.24, 2.45) is 0 Å². The summed E-state index contributed by atoms with van der Waals surface area (Å²) >= 11 is 0. The molecule has 1 aromatic heterocycles. The summed E-state index contributed by atoms with van der Waals surface area (Å²) in [7, 11) is 2.45. The number of nitrogens with one attached hydrogen (secondary N) is 1. The fourth-order valence-electron chi connectivity index (χ4n) is 3.45. The van der Waals surface area contributed by atoms with E-state index < -0.39 is 11.9 Å². The highest BCUT2D eigenvalue weighted by molar-refractivity contribution is 6.06. The van der Waals surface area contributed by atoms with Gasteiger partial charge in [0.1, 0.15) is 11.4 Å². The molecule has 32 heavy (non-hydrogen) atoms. The zero-order chi connectivity index (χ0) is 22.7. The van der Waals surface area contributed by atoms with Crippen molar-refractivity contribution in [2.75, 3.05) is 19.1 Å². The molecule has 1 aliphatic heterocycles. The number of aromatic nitrogens is 2. The minimum Gasteiger partial charge on any atom is -0.465 e. The standard InChI is InChI=1S/C24H19N3O5/c1-31-23(29)16-10-7-8-14-27(21(16)24(30)32-2)19-13-6-3-9-15(19)20-22(28)26-18-12-5-4-11-17(18)25-20/h3-14H,1-2H3,(H,26,28). The number of rotatable bonds is 4. The van der Waals surface area contributed by atoms with Crippen LogP contribution in [0.4, 0.5) is 5.69 Å². The van der Waals surface area contributed by atoms with Gasteiger partial charge >= 0.3 is 11.9 Å². The molecule has 0 aliphatic carbocycles. The quantitative estimate of drug-likeness (QED) is 0.636. The minimum absolute atomic E-state index is 0.0135. The van der Waals surface area contributed by atoms with Gasteiger partial charge in [0.2, 0.25) is 0 Å². The molecule has 0 unspecified atom stereocenters. The molecule has 0 saturated heterocycles. The van der Waals surface area contributed by atoms with Crippen LogP contribution in [0.5, 0.6) is 0 Å². The van der Waals surface area contributed by atoms with Crippen LogP contribution in [0.15, 0.2) is 89.0 Å². The molecular formula is C24H19N3O5. The Morgan fingerprint density at radius 3 is 2.44 bits per heavy atom. The highest BCUT2D eigenvalue weighted by Gasteiger charge is 2.29. The molecule has 3 aromatic rings. The summed E-state index contributed by atoms with van der Waals surface area (Å²) in [6.45, 7) is 0. The number of hydrogen-bond donors (Lipinski definition) is 1.